The highest BCUT2D eigenvalue weighted by Gasteiger charge is 2.20. The van der Waals surface area contributed by atoms with Crippen molar-refractivity contribution in [3.05, 3.63) is 97.2 Å². The van der Waals surface area contributed by atoms with Gasteiger partial charge < -0.3 is 0 Å². The van der Waals surface area contributed by atoms with Gasteiger partial charge in [0.05, 0.1) is 10.9 Å². The molecule has 0 saturated carbocycles. The molecule has 0 fully saturated rings. The predicted molar refractivity (Wildman–Crippen MR) is 117 cm³/mol. The Morgan fingerprint density at radius 3 is 1.97 bits per heavy atom. The second-order valence-electron chi connectivity index (χ2n) is 7.05. The minimum Gasteiger partial charge on any atom is -0.239 e. The van der Waals surface area contributed by atoms with Crippen LogP contribution in [0, 0.1) is 0 Å². The Hall–Kier alpha value is -4.05. The van der Waals surface area contributed by atoms with Crippen LogP contribution in [0.15, 0.2) is 97.2 Å². The average molecular weight is 372 g/mol. The number of fused-ring (bicyclic) bond motifs is 5. The van der Waals surface area contributed by atoms with Crippen LogP contribution in [-0.4, -0.2) is 19.8 Å². The van der Waals surface area contributed by atoms with Crippen molar-refractivity contribution >= 4 is 27.2 Å². The molecule has 3 aromatic carbocycles. The molecule has 0 aliphatic heterocycles. The van der Waals surface area contributed by atoms with Gasteiger partial charge in [0.25, 0.3) is 0 Å². The number of hydrogen-bond acceptors (Lipinski definition) is 3. The summed E-state index contributed by atoms with van der Waals surface area (Å²) in [5.41, 5.74) is 5.62. The van der Waals surface area contributed by atoms with E-state index in [0.717, 1.165) is 44.3 Å². The number of benzene rings is 3. The monoisotopic (exact) mass is 372 g/mol. The summed E-state index contributed by atoms with van der Waals surface area (Å²) in [6.45, 7) is 0. The molecule has 3 heterocycles. The Balaban J connectivity index is 1.83. The van der Waals surface area contributed by atoms with E-state index in [4.69, 9.17) is 5.10 Å². The third-order valence-electron chi connectivity index (χ3n) is 5.33. The van der Waals surface area contributed by atoms with E-state index in [1.165, 1.54) is 5.39 Å². The first kappa shape index (κ1) is 16.0. The van der Waals surface area contributed by atoms with Gasteiger partial charge in [0, 0.05) is 22.7 Å². The maximum atomic E-state index is 4.94. The predicted octanol–water partition coefficient (Wildman–Crippen LogP) is 5.76. The van der Waals surface area contributed by atoms with Crippen molar-refractivity contribution < 1.29 is 0 Å². The van der Waals surface area contributed by atoms with E-state index in [9.17, 15) is 0 Å². The fraction of sp³-hybridized carbons (Fsp3) is 0. The van der Waals surface area contributed by atoms with Crippen LogP contribution in [0.2, 0.25) is 0 Å². The lowest BCUT2D eigenvalue weighted by Gasteiger charge is -2.07. The van der Waals surface area contributed by atoms with E-state index in [2.05, 4.69) is 52.7 Å². The lowest BCUT2D eigenvalue weighted by molar-refractivity contribution is 0.982. The highest BCUT2D eigenvalue weighted by Crippen LogP contribution is 2.36. The molecule has 6 aromatic rings. The molecule has 0 unspecified atom stereocenters. The topological polar surface area (TPSA) is 43.1 Å². The quantitative estimate of drug-likeness (QED) is 0.388. The Morgan fingerprint density at radius 1 is 0.586 bits per heavy atom. The smallest absolute Gasteiger partial charge is 0.124 e. The highest BCUT2D eigenvalue weighted by molar-refractivity contribution is 6.16. The number of pyridine rings is 1. The molecule has 0 aliphatic carbocycles. The van der Waals surface area contributed by atoms with Crippen LogP contribution >= 0.6 is 0 Å². The van der Waals surface area contributed by atoms with Crippen LogP contribution in [-0.2, 0) is 0 Å². The lowest BCUT2D eigenvalue weighted by atomic mass is 10.0. The summed E-state index contributed by atoms with van der Waals surface area (Å²) in [5, 5.41) is 17.6. The van der Waals surface area contributed by atoms with Gasteiger partial charge in [-0.3, -0.25) is 0 Å². The molecule has 0 atom stereocenters. The second-order valence-corrected chi connectivity index (χ2v) is 7.05. The van der Waals surface area contributed by atoms with Crippen LogP contribution in [0.5, 0.6) is 0 Å². The maximum Gasteiger partial charge on any atom is 0.124 e. The van der Waals surface area contributed by atoms with Crippen LogP contribution in [0.4, 0.5) is 0 Å². The van der Waals surface area contributed by atoms with Crippen molar-refractivity contribution in [1.29, 1.82) is 0 Å². The van der Waals surface area contributed by atoms with Crippen molar-refractivity contribution in [3.63, 3.8) is 0 Å². The van der Waals surface area contributed by atoms with Gasteiger partial charge in [-0.2, -0.15) is 5.10 Å². The average Bonchev–Trinajstić information content (AvgIpc) is 3.20. The second kappa shape index (κ2) is 6.24. The molecule has 0 saturated heterocycles. The zero-order chi connectivity index (χ0) is 19.2. The van der Waals surface area contributed by atoms with Crippen molar-refractivity contribution in [1.82, 2.24) is 19.8 Å². The molecule has 4 heteroatoms. The largest absolute Gasteiger partial charge is 0.239 e. The van der Waals surface area contributed by atoms with Gasteiger partial charge in [-0.1, -0.05) is 84.9 Å². The number of aromatic nitrogens is 4. The zero-order valence-corrected chi connectivity index (χ0v) is 15.5. The summed E-state index contributed by atoms with van der Waals surface area (Å²) in [7, 11) is 0. The van der Waals surface area contributed by atoms with Crippen LogP contribution < -0.4 is 0 Å². The minimum absolute atomic E-state index is 0.799. The van der Waals surface area contributed by atoms with Gasteiger partial charge in [-0.05, 0) is 11.5 Å². The molecular weight excluding hydrogens is 356 g/mol. The molecule has 0 radical (unpaired) electrons. The normalized spacial score (nSPS) is 11.4. The van der Waals surface area contributed by atoms with Gasteiger partial charge in [-0.15, -0.1) is 10.2 Å². The van der Waals surface area contributed by atoms with E-state index in [-0.39, 0.29) is 0 Å². The van der Waals surface area contributed by atoms with Crippen molar-refractivity contribution in [2.24, 2.45) is 0 Å². The van der Waals surface area contributed by atoms with E-state index in [0.29, 0.717) is 0 Å². The number of hydrogen-bond donors (Lipinski definition) is 0. The molecular formula is C25H16N4. The first-order chi connectivity index (χ1) is 14.4. The van der Waals surface area contributed by atoms with Crippen molar-refractivity contribution in [2.75, 3.05) is 0 Å². The Morgan fingerprint density at radius 2 is 1.21 bits per heavy atom. The number of nitrogens with zero attached hydrogens (tertiary/aromatic N) is 4. The summed E-state index contributed by atoms with van der Waals surface area (Å²) in [6.07, 6.45) is 2.02. The minimum atomic E-state index is 0.799. The number of rotatable bonds is 2. The fourth-order valence-electron chi connectivity index (χ4n) is 3.99. The third kappa shape index (κ3) is 2.43. The molecule has 136 valence electrons. The highest BCUT2D eigenvalue weighted by atomic mass is 15.2. The van der Waals surface area contributed by atoms with E-state index in [1.807, 2.05) is 59.2 Å². The third-order valence-corrected chi connectivity index (χ3v) is 5.33. The molecule has 0 aliphatic rings. The van der Waals surface area contributed by atoms with Gasteiger partial charge in [-0.25, -0.2) is 4.52 Å². The summed E-state index contributed by atoms with van der Waals surface area (Å²) >= 11 is 0. The van der Waals surface area contributed by atoms with Crippen molar-refractivity contribution in [3.8, 4) is 22.5 Å². The summed E-state index contributed by atoms with van der Waals surface area (Å²) < 4.78 is 1.95. The van der Waals surface area contributed by atoms with Gasteiger partial charge in [0.15, 0.2) is 0 Å². The molecule has 4 nitrogen and oxygen atoms in total. The van der Waals surface area contributed by atoms with E-state index >= 15 is 0 Å². The van der Waals surface area contributed by atoms with Crippen LogP contribution in [0.3, 0.4) is 0 Å². The first-order valence-corrected chi connectivity index (χ1v) is 9.57. The lowest BCUT2D eigenvalue weighted by Crippen LogP contribution is -1.94. The maximum absolute atomic E-state index is 4.94. The molecule has 6 rings (SSSR count). The van der Waals surface area contributed by atoms with E-state index < -0.39 is 0 Å². The van der Waals surface area contributed by atoms with Gasteiger partial charge in [0.1, 0.15) is 16.9 Å². The van der Waals surface area contributed by atoms with E-state index in [1.54, 1.807) is 0 Å². The van der Waals surface area contributed by atoms with Crippen molar-refractivity contribution in [2.45, 2.75) is 0 Å². The standard InChI is InChI=1S/C25H16N4/c1-3-10-18(11-4-1)22-21-24(23(27-26-22)19-12-5-2-6-13-19)28-29-16-15-17-9-7-8-14-20(17)25(21)29/h1-16H. The van der Waals surface area contributed by atoms with Gasteiger partial charge in [0.2, 0.25) is 0 Å². The molecule has 0 bridgehead atoms. The first-order valence-electron chi connectivity index (χ1n) is 9.57. The molecule has 0 spiro atoms. The van der Waals surface area contributed by atoms with Crippen LogP contribution in [0.1, 0.15) is 0 Å². The molecule has 3 aromatic heterocycles. The summed E-state index contributed by atoms with van der Waals surface area (Å²) in [6, 6.07) is 30.8. The summed E-state index contributed by atoms with van der Waals surface area (Å²) in [4.78, 5) is 0. The Labute approximate surface area is 167 Å². The zero-order valence-electron chi connectivity index (χ0n) is 15.5. The molecule has 0 N–H and O–H groups in total. The van der Waals surface area contributed by atoms with Gasteiger partial charge >= 0.3 is 0 Å². The fourth-order valence-corrected chi connectivity index (χ4v) is 3.99. The SMILES string of the molecule is c1ccc(-c2nnc(-c3ccccc3)c3c2nn2ccc4ccccc4c32)cc1. The molecule has 0 amide bonds. The Kier molecular flexibility index (Phi) is 3.43. The van der Waals surface area contributed by atoms with Crippen LogP contribution in [0.25, 0.3) is 49.7 Å². The molecule has 29 heavy (non-hydrogen) atoms. The summed E-state index contributed by atoms with van der Waals surface area (Å²) in [5.74, 6) is 0. The Bertz CT molecular complexity index is 1490.